The second-order valence-corrected chi connectivity index (χ2v) is 4.69. The number of likely N-dealkylation sites (N-methyl/N-ethyl adjacent to an activating group) is 2. The van der Waals surface area contributed by atoms with E-state index in [0.717, 1.165) is 6.54 Å². The minimum absolute atomic E-state index is 0.219. The molecular weight excluding hydrogens is 160 g/mol. The van der Waals surface area contributed by atoms with Crippen molar-refractivity contribution in [3.63, 3.8) is 0 Å². The minimum atomic E-state index is 0.219. The average molecular weight is 186 g/mol. The van der Waals surface area contributed by atoms with Gasteiger partial charge in [-0.05, 0) is 41.3 Å². The quantitative estimate of drug-likeness (QED) is 0.683. The molecule has 0 aliphatic heterocycles. The van der Waals surface area contributed by atoms with Gasteiger partial charge in [-0.15, -0.1) is 0 Å². The van der Waals surface area contributed by atoms with E-state index in [-0.39, 0.29) is 5.54 Å². The van der Waals surface area contributed by atoms with Crippen LogP contribution in [0.5, 0.6) is 0 Å². The number of rotatable bonds is 6. The van der Waals surface area contributed by atoms with Crippen molar-refractivity contribution in [3.05, 3.63) is 0 Å². The van der Waals surface area contributed by atoms with Crippen LogP contribution >= 0.6 is 0 Å². The summed E-state index contributed by atoms with van der Waals surface area (Å²) in [6.07, 6.45) is 2.56. The molecule has 0 bridgehead atoms. The summed E-state index contributed by atoms with van der Waals surface area (Å²) in [4.78, 5) is 2.43. The van der Waals surface area contributed by atoms with Gasteiger partial charge in [-0.1, -0.05) is 13.3 Å². The normalized spacial score (nSPS) is 15.0. The van der Waals surface area contributed by atoms with E-state index in [4.69, 9.17) is 0 Å². The molecule has 0 rings (SSSR count). The van der Waals surface area contributed by atoms with Crippen molar-refractivity contribution in [2.24, 2.45) is 0 Å². The zero-order valence-corrected chi connectivity index (χ0v) is 10.1. The first-order valence-electron chi connectivity index (χ1n) is 5.32. The Morgan fingerprint density at radius 1 is 1.38 bits per heavy atom. The van der Waals surface area contributed by atoms with Crippen molar-refractivity contribution in [3.8, 4) is 0 Å². The summed E-state index contributed by atoms with van der Waals surface area (Å²) < 4.78 is 0. The molecule has 13 heavy (non-hydrogen) atoms. The van der Waals surface area contributed by atoms with Crippen molar-refractivity contribution >= 4 is 0 Å². The largest absolute Gasteiger partial charge is 0.314 e. The Hall–Kier alpha value is -0.0800. The van der Waals surface area contributed by atoms with Gasteiger partial charge < -0.3 is 10.2 Å². The van der Waals surface area contributed by atoms with Gasteiger partial charge in [-0.2, -0.15) is 0 Å². The van der Waals surface area contributed by atoms with E-state index < -0.39 is 0 Å². The maximum atomic E-state index is 3.33. The highest BCUT2D eigenvalue weighted by molar-refractivity contribution is 4.80. The SMILES string of the molecule is CCCC(C)N(C)CC(C)(C)NC. The number of hydrogen-bond donors (Lipinski definition) is 1. The Labute approximate surface area is 83.7 Å². The first kappa shape index (κ1) is 12.9. The van der Waals surface area contributed by atoms with Crippen molar-refractivity contribution in [1.82, 2.24) is 10.2 Å². The fourth-order valence-electron chi connectivity index (χ4n) is 1.50. The summed E-state index contributed by atoms with van der Waals surface area (Å²) in [7, 11) is 4.23. The van der Waals surface area contributed by atoms with Crippen LogP contribution in [0.4, 0.5) is 0 Å². The van der Waals surface area contributed by atoms with Crippen LogP contribution in [0, 0.1) is 0 Å². The smallest absolute Gasteiger partial charge is 0.0249 e. The van der Waals surface area contributed by atoms with Crippen molar-refractivity contribution in [1.29, 1.82) is 0 Å². The van der Waals surface area contributed by atoms with Gasteiger partial charge in [0.2, 0.25) is 0 Å². The topological polar surface area (TPSA) is 15.3 Å². The summed E-state index contributed by atoms with van der Waals surface area (Å²) in [5, 5.41) is 3.33. The van der Waals surface area contributed by atoms with Crippen LogP contribution < -0.4 is 5.32 Å². The zero-order chi connectivity index (χ0) is 10.5. The van der Waals surface area contributed by atoms with E-state index >= 15 is 0 Å². The molecule has 0 amide bonds. The predicted molar refractivity (Wildman–Crippen MR) is 60.1 cm³/mol. The Balaban J connectivity index is 3.91. The molecule has 0 spiro atoms. The highest BCUT2D eigenvalue weighted by Crippen LogP contribution is 2.09. The lowest BCUT2D eigenvalue weighted by Crippen LogP contribution is -2.48. The fourth-order valence-corrected chi connectivity index (χ4v) is 1.50. The van der Waals surface area contributed by atoms with E-state index in [1.54, 1.807) is 0 Å². The number of nitrogens with zero attached hydrogens (tertiary/aromatic N) is 1. The maximum absolute atomic E-state index is 3.33. The molecule has 1 unspecified atom stereocenters. The van der Waals surface area contributed by atoms with Gasteiger partial charge in [-0.25, -0.2) is 0 Å². The third-order valence-corrected chi connectivity index (χ3v) is 2.78. The molecule has 0 aromatic rings. The molecule has 2 heteroatoms. The van der Waals surface area contributed by atoms with Crippen LogP contribution in [0.1, 0.15) is 40.5 Å². The Morgan fingerprint density at radius 3 is 2.31 bits per heavy atom. The summed E-state index contributed by atoms with van der Waals surface area (Å²) in [5.74, 6) is 0. The molecule has 0 saturated carbocycles. The van der Waals surface area contributed by atoms with Crippen molar-refractivity contribution < 1.29 is 0 Å². The van der Waals surface area contributed by atoms with E-state index in [1.165, 1.54) is 12.8 Å². The Bertz CT molecular complexity index is 132. The standard InChI is InChI=1S/C11H26N2/c1-7-8-10(2)13(6)9-11(3,4)12-5/h10,12H,7-9H2,1-6H3. The van der Waals surface area contributed by atoms with Crippen LogP contribution in [0.15, 0.2) is 0 Å². The molecule has 0 fully saturated rings. The number of nitrogens with one attached hydrogen (secondary N) is 1. The molecular formula is C11H26N2. The fraction of sp³-hybridized carbons (Fsp3) is 1.00. The van der Waals surface area contributed by atoms with Gasteiger partial charge in [0.05, 0.1) is 0 Å². The van der Waals surface area contributed by atoms with Gasteiger partial charge >= 0.3 is 0 Å². The molecule has 0 aromatic heterocycles. The molecule has 1 N–H and O–H groups in total. The minimum Gasteiger partial charge on any atom is -0.314 e. The van der Waals surface area contributed by atoms with Crippen LogP contribution in [0.25, 0.3) is 0 Å². The van der Waals surface area contributed by atoms with E-state index in [9.17, 15) is 0 Å². The Morgan fingerprint density at radius 2 is 1.92 bits per heavy atom. The highest BCUT2D eigenvalue weighted by atomic mass is 15.2. The second-order valence-electron chi connectivity index (χ2n) is 4.69. The third-order valence-electron chi connectivity index (χ3n) is 2.78. The molecule has 0 aliphatic rings. The van der Waals surface area contributed by atoms with E-state index in [2.05, 4.69) is 45.0 Å². The van der Waals surface area contributed by atoms with Gasteiger partial charge in [0.25, 0.3) is 0 Å². The van der Waals surface area contributed by atoms with Gasteiger partial charge in [0.1, 0.15) is 0 Å². The molecule has 0 radical (unpaired) electrons. The van der Waals surface area contributed by atoms with E-state index in [0.29, 0.717) is 6.04 Å². The van der Waals surface area contributed by atoms with E-state index in [1.807, 2.05) is 7.05 Å². The molecule has 0 aliphatic carbocycles. The van der Waals surface area contributed by atoms with Crippen LogP contribution in [0.2, 0.25) is 0 Å². The maximum Gasteiger partial charge on any atom is 0.0249 e. The van der Waals surface area contributed by atoms with Crippen molar-refractivity contribution in [2.45, 2.75) is 52.1 Å². The Kier molecular flexibility index (Phi) is 5.57. The average Bonchev–Trinajstić information content (AvgIpc) is 2.04. The molecule has 0 aromatic carbocycles. The number of hydrogen-bond acceptors (Lipinski definition) is 2. The molecule has 1 atom stereocenters. The predicted octanol–water partition coefficient (Wildman–Crippen LogP) is 2.10. The van der Waals surface area contributed by atoms with Crippen molar-refractivity contribution in [2.75, 3.05) is 20.6 Å². The van der Waals surface area contributed by atoms with Gasteiger partial charge in [0, 0.05) is 18.1 Å². The first-order valence-corrected chi connectivity index (χ1v) is 5.32. The molecule has 0 saturated heterocycles. The van der Waals surface area contributed by atoms with Gasteiger partial charge in [0.15, 0.2) is 0 Å². The van der Waals surface area contributed by atoms with Crippen LogP contribution in [0.3, 0.4) is 0 Å². The molecule has 2 nitrogen and oxygen atoms in total. The molecule has 0 heterocycles. The monoisotopic (exact) mass is 186 g/mol. The summed E-state index contributed by atoms with van der Waals surface area (Å²) in [5.41, 5.74) is 0.219. The summed E-state index contributed by atoms with van der Waals surface area (Å²) in [6.45, 7) is 10.1. The second kappa shape index (κ2) is 5.61. The zero-order valence-electron chi connectivity index (χ0n) is 10.1. The van der Waals surface area contributed by atoms with Gasteiger partial charge in [-0.3, -0.25) is 0 Å². The summed E-state index contributed by atoms with van der Waals surface area (Å²) >= 11 is 0. The molecule has 80 valence electrons. The lowest BCUT2D eigenvalue weighted by atomic mass is 10.0. The lowest BCUT2D eigenvalue weighted by Gasteiger charge is -2.33. The highest BCUT2D eigenvalue weighted by Gasteiger charge is 2.19. The van der Waals surface area contributed by atoms with Crippen LogP contribution in [-0.4, -0.2) is 37.1 Å². The lowest BCUT2D eigenvalue weighted by molar-refractivity contribution is 0.188. The summed E-state index contributed by atoms with van der Waals surface area (Å²) in [6, 6.07) is 0.692. The first-order chi connectivity index (χ1) is 5.93. The van der Waals surface area contributed by atoms with Crippen LogP contribution in [-0.2, 0) is 0 Å². The third kappa shape index (κ3) is 5.27.